The Morgan fingerprint density at radius 1 is 0.429 bits per heavy atom. The van der Waals surface area contributed by atoms with Crippen molar-refractivity contribution in [2.45, 2.75) is 120 Å². The van der Waals surface area contributed by atoms with E-state index in [4.69, 9.17) is 20.9 Å². The first kappa shape index (κ1) is 83.1. The lowest BCUT2D eigenvalue weighted by Gasteiger charge is -2.21. The Morgan fingerprint density at radius 3 is 1.27 bits per heavy atom. The van der Waals surface area contributed by atoms with Gasteiger partial charge in [0, 0.05) is 82.7 Å². The van der Waals surface area contributed by atoms with E-state index in [9.17, 15) is 47.9 Å². The second-order valence-corrected chi connectivity index (χ2v) is 29.5. The molecule has 0 saturated heterocycles. The number of anilines is 1. The second-order valence-electron chi connectivity index (χ2n) is 29.1. The number of hydrogen-bond acceptors (Lipinski definition) is 24. The fourth-order valence-corrected chi connectivity index (χ4v) is 13.9. The van der Waals surface area contributed by atoms with Gasteiger partial charge in [-0.05, 0) is 222 Å². The minimum absolute atomic E-state index is 0.118. The van der Waals surface area contributed by atoms with Crippen LogP contribution in [0.1, 0.15) is 80.7 Å². The van der Waals surface area contributed by atoms with Gasteiger partial charge in [0.2, 0.25) is 0 Å². The SMILES string of the molecule is COc1cccc(CNCCn2c3nc(=O)[nH]c(=O)c-3nc3cc(C)c(C)cc32)c1.Cc1cc2nc3c(=O)[nH]c(=O)nc-3n(CCCCCNc3ccc[nH]c3=O)c2cc1C.Cc1cc2nc3c(=O)[nH]c(=O)nc-3n(CCN(C)Cc3ccc(Cl)cc3)c2cc1C.Cc1cc2nc3c(=O)[nH]c(=O)nc-3n(CCNCc3cc(=O)[nH]o3)c2cc1C. The molecule has 0 fully saturated rings. The molecule has 8 aromatic rings. The zero-order chi connectivity index (χ0) is 84.5. The summed E-state index contributed by atoms with van der Waals surface area (Å²) in [5.74, 6) is 2.44. The van der Waals surface area contributed by atoms with Gasteiger partial charge in [-0.3, -0.25) is 48.7 Å². The van der Waals surface area contributed by atoms with E-state index in [1.165, 1.54) is 6.07 Å². The lowest BCUT2D eigenvalue weighted by molar-refractivity contribution is 0.313. The number of likely N-dealkylation sites (N-methyl/N-ethyl adjacent to an activating group) is 1. The maximum Gasteiger partial charge on any atom is 0.349 e. The summed E-state index contributed by atoms with van der Waals surface area (Å²) < 4.78 is 17.8. The number of ether oxygens (including phenoxy) is 1. The van der Waals surface area contributed by atoms with Crippen LogP contribution in [0.3, 0.4) is 0 Å². The molecule has 8 aliphatic heterocycles. The fourth-order valence-electron chi connectivity index (χ4n) is 13.7. The smallest absolute Gasteiger partial charge is 0.349 e. The summed E-state index contributed by atoms with van der Waals surface area (Å²) in [5.41, 5.74) is 12.9. The molecular formula is C84H87ClN22O12. The summed E-state index contributed by atoms with van der Waals surface area (Å²) in [4.78, 5) is 167. The van der Waals surface area contributed by atoms with Crippen LogP contribution in [0.4, 0.5) is 5.69 Å². The summed E-state index contributed by atoms with van der Waals surface area (Å²) in [7, 11) is 3.67. The number of H-pyrrole nitrogens is 6. The molecule has 9 N–H and O–H groups in total. The Hall–Kier alpha value is -13.8. The standard InChI is InChI=1S/C22H22ClN5O2.C22H24N6O3.C22H23N5O3.C18H18N6O4/c1-13-10-17-18(11-14(13)2)28(20-19(24-17)21(29)26-22(30)25-20)9-8-27(3)12-15-4-6-16(23)7-5-15;1-13-11-16-17(12-14(13)2)28(19-18(25-16)21(30)27-22(31)26-19)10-5-3-4-8-23-15-7-6-9-24-20(15)29;1-13-9-17-18(10-14(13)2)27(20-19(24-17)21(28)26-22(29)25-20)8-7-23-12-15-5-4-6-16(11-15)30-3;1-9-5-12-13(6-10(9)2)24(4-3-19-8-11-7-14(25)23-28-11)16-15(20-12)17(26)22-18(27)21-16/h4-7,10-11H,8-9,12H2,1-3H3,(H,26,29,30);6-7,9,11-12,23H,3-5,8,10H2,1-2H3,(H,24,29)(H,27,30,31);4-6,9-11,23H,7-8,12H2,1-3H3,(H,26,28,29);5-7,19H,3-4,8H2,1-2H3,(H,23,25)(H,22,26,27). The largest absolute Gasteiger partial charge is 0.497 e. The average Bonchev–Trinajstić information content (AvgIpc) is 0.888. The highest BCUT2D eigenvalue weighted by atomic mass is 35.5. The van der Waals surface area contributed by atoms with E-state index in [2.05, 4.69) is 90.8 Å². The normalized spacial score (nSPS) is 11.4. The Labute approximate surface area is 680 Å². The molecule has 0 radical (unpaired) electrons. The molecule has 0 saturated carbocycles. The van der Waals surface area contributed by atoms with Gasteiger partial charge in [0.25, 0.3) is 33.4 Å². The van der Waals surface area contributed by atoms with Crippen molar-refractivity contribution in [3.63, 3.8) is 0 Å². The van der Waals surface area contributed by atoms with E-state index >= 15 is 0 Å². The molecule has 119 heavy (non-hydrogen) atoms. The quantitative estimate of drug-likeness (QED) is 0.0222. The van der Waals surface area contributed by atoms with Crippen LogP contribution >= 0.6 is 11.6 Å². The minimum Gasteiger partial charge on any atom is -0.497 e. The predicted molar refractivity (Wildman–Crippen MR) is 455 cm³/mol. The number of rotatable bonds is 23. The molecule has 34 nitrogen and oxygen atoms in total. The number of aryl methyl sites for hydroxylation is 9. The topological polar surface area (TPSA) is 450 Å². The molecule has 0 amide bonds. The van der Waals surface area contributed by atoms with Gasteiger partial charge in [-0.25, -0.2) is 39.1 Å². The zero-order valence-electron chi connectivity index (χ0n) is 67.0. The van der Waals surface area contributed by atoms with E-state index in [1.54, 1.807) is 30.0 Å². The van der Waals surface area contributed by atoms with Crippen molar-refractivity contribution in [1.29, 1.82) is 0 Å². The molecule has 0 aliphatic carbocycles. The van der Waals surface area contributed by atoms with Gasteiger partial charge in [-0.2, -0.15) is 25.1 Å². The lowest BCUT2D eigenvalue weighted by atomic mass is 10.1. The Morgan fingerprint density at radius 2 is 0.849 bits per heavy atom. The van der Waals surface area contributed by atoms with Crippen molar-refractivity contribution in [2.75, 3.05) is 45.7 Å². The minimum atomic E-state index is -0.710. The summed E-state index contributed by atoms with van der Waals surface area (Å²) in [6, 6.07) is 36.3. The third kappa shape index (κ3) is 19.5. The van der Waals surface area contributed by atoms with E-state index in [0.29, 0.717) is 121 Å². The van der Waals surface area contributed by atoms with Crippen molar-refractivity contribution in [3.05, 3.63) is 292 Å². The first-order chi connectivity index (χ1) is 57.1. The number of hydrogen-bond donors (Lipinski definition) is 9. The van der Waals surface area contributed by atoms with Gasteiger partial charge in [0.05, 0.1) is 57.8 Å². The van der Waals surface area contributed by atoms with Gasteiger partial charge < -0.3 is 53.4 Å². The predicted octanol–water partition coefficient (Wildman–Crippen LogP) is 7.43. The van der Waals surface area contributed by atoms with Gasteiger partial charge in [0.1, 0.15) is 11.4 Å². The maximum absolute atomic E-state index is 12.4. The van der Waals surface area contributed by atoms with Crippen molar-refractivity contribution in [2.24, 2.45) is 0 Å². The zero-order valence-corrected chi connectivity index (χ0v) is 67.8. The fraction of sp³-hybridized carbons (Fsp3) is 0.286. The van der Waals surface area contributed by atoms with Gasteiger partial charge in [-0.1, -0.05) is 35.9 Å². The van der Waals surface area contributed by atoms with Gasteiger partial charge >= 0.3 is 22.8 Å². The molecule has 0 unspecified atom stereocenters. The highest BCUT2D eigenvalue weighted by Gasteiger charge is 2.25. The first-order valence-electron chi connectivity index (χ1n) is 38.4. The van der Waals surface area contributed by atoms with Crippen LogP contribution in [0.5, 0.6) is 5.75 Å². The van der Waals surface area contributed by atoms with Crippen molar-refractivity contribution < 1.29 is 9.26 Å². The maximum atomic E-state index is 12.4. The van der Waals surface area contributed by atoms with Crippen LogP contribution in [-0.2, 0) is 45.8 Å². The second kappa shape index (κ2) is 36.6. The average molecular weight is 1630 g/mol. The molecule has 0 bridgehead atoms. The monoisotopic (exact) mass is 1630 g/mol. The number of aromatic nitrogens is 18. The number of fused-ring (bicyclic) bond motifs is 8. The molecule has 35 heteroatoms. The summed E-state index contributed by atoms with van der Waals surface area (Å²) in [5, 5.41) is 12.6. The van der Waals surface area contributed by atoms with Crippen molar-refractivity contribution in [1.82, 2.24) is 104 Å². The summed E-state index contributed by atoms with van der Waals surface area (Å²) in [6.07, 6.45) is 4.19. The summed E-state index contributed by atoms with van der Waals surface area (Å²) >= 11 is 5.97. The molecule has 0 spiro atoms. The number of aromatic amines is 6. The highest BCUT2D eigenvalue weighted by molar-refractivity contribution is 6.30. The number of pyridine rings is 1. The molecule has 0 atom stereocenters. The Balaban J connectivity index is 0.000000137. The molecule has 8 aliphatic rings. The molecule has 612 valence electrons. The molecule has 6 aromatic carbocycles. The molecule has 10 heterocycles. The highest BCUT2D eigenvalue weighted by Crippen LogP contribution is 2.29. The first-order valence-corrected chi connectivity index (χ1v) is 38.8. The van der Waals surface area contributed by atoms with E-state index in [1.807, 2.05) is 173 Å². The molecular weight excluding hydrogens is 1540 g/mol. The number of nitrogens with zero attached hydrogens (tertiary/aromatic N) is 13. The number of methoxy groups -OCH3 is 1. The van der Waals surface area contributed by atoms with E-state index < -0.39 is 45.0 Å². The van der Waals surface area contributed by atoms with Crippen LogP contribution in [0.25, 0.3) is 90.2 Å². The molecule has 2 aromatic heterocycles. The lowest BCUT2D eigenvalue weighted by Crippen LogP contribution is -2.30. The Kier molecular flexibility index (Phi) is 25.5. The summed E-state index contributed by atoms with van der Waals surface area (Å²) in [6.45, 7) is 22.4. The number of halogens is 1. The van der Waals surface area contributed by atoms with E-state index in [-0.39, 0.29) is 39.7 Å². The molecule has 16 rings (SSSR count). The van der Waals surface area contributed by atoms with Crippen LogP contribution in [0, 0.1) is 55.4 Å². The van der Waals surface area contributed by atoms with Crippen LogP contribution in [0.15, 0.2) is 174 Å². The number of unbranched alkanes of at least 4 members (excludes halogenated alkanes) is 2. The van der Waals surface area contributed by atoms with Crippen molar-refractivity contribution >= 4 is 61.4 Å². The Bertz CT molecular complexity index is 6970. The van der Waals surface area contributed by atoms with Crippen LogP contribution in [0.2, 0.25) is 5.02 Å². The number of nitrogens with one attached hydrogen (secondary N) is 9. The third-order valence-electron chi connectivity index (χ3n) is 20.5. The van der Waals surface area contributed by atoms with E-state index in [0.717, 1.165) is 109 Å². The van der Waals surface area contributed by atoms with Crippen LogP contribution < -0.4 is 76.8 Å². The van der Waals surface area contributed by atoms with Crippen LogP contribution in [-0.4, -0.2) is 133 Å². The van der Waals surface area contributed by atoms with Crippen molar-refractivity contribution in [3.8, 4) is 51.8 Å². The number of benzene rings is 6. The third-order valence-corrected chi connectivity index (χ3v) is 20.8. The van der Waals surface area contributed by atoms with Gasteiger partial charge in [-0.15, -0.1) is 0 Å². The van der Waals surface area contributed by atoms with Gasteiger partial charge in [0.15, 0.2) is 51.8 Å².